The highest BCUT2D eigenvalue weighted by Gasteiger charge is 2.37. The molecule has 2 aromatic rings. The van der Waals surface area contributed by atoms with Crippen molar-refractivity contribution in [1.29, 1.82) is 0 Å². The number of hydrogen-bond acceptors (Lipinski definition) is 6. The molecule has 1 saturated heterocycles. The van der Waals surface area contributed by atoms with Crippen LogP contribution in [0.3, 0.4) is 0 Å². The zero-order valence-corrected chi connectivity index (χ0v) is 13.3. The molecule has 1 aliphatic rings. The maximum atomic E-state index is 10.7. The summed E-state index contributed by atoms with van der Waals surface area (Å²) in [6, 6.07) is 0. The van der Waals surface area contributed by atoms with Crippen molar-refractivity contribution >= 4 is 0 Å². The van der Waals surface area contributed by atoms with Gasteiger partial charge in [-0.15, -0.1) is 10.2 Å². The molecule has 3 heterocycles. The van der Waals surface area contributed by atoms with Crippen LogP contribution in [0.2, 0.25) is 0 Å². The lowest BCUT2D eigenvalue weighted by Gasteiger charge is -2.22. The molecule has 8 nitrogen and oxygen atoms in total. The quantitative estimate of drug-likeness (QED) is 0.872. The van der Waals surface area contributed by atoms with Gasteiger partial charge in [-0.2, -0.15) is 0 Å². The molecular formula is C14H23N7O. The predicted octanol–water partition coefficient (Wildman–Crippen LogP) is 0.262. The van der Waals surface area contributed by atoms with Crippen molar-refractivity contribution < 1.29 is 5.11 Å². The molecule has 0 saturated carbocycles. The Bertz CT molecular complexity index is 615. The number of rotatable bonds is 4. The molecule has 1 N–H and O–H groups in total. The summed E-state index contributed by atoms with van der Waals surface area (Å²) in [6.45, 7) is 8.91. The minimum Gasteiger partial charge on any atom is -0.387 e. The molecule has 1 atom stereocenters. The summed E-state index contributed by atoms with van der Waals surface area (Å²) in [5, 5.41) is 26.8. The third kappa shape index (κ3) is 3.33. The highest BCUT2D eigenvalue weighted by molar-refractivity contribution is 4.98. The van der Waals surface area contributed by atoms with E-state index in [0.29, 0.717) is 19.6 Å². The monoisotopic (exact) mass is 305 g/mol. The summed E-state index contributed by atoms with van der Waals surface area (Å²) in [5.41, 5.74) is 0.109. The van der Waals surface area contributed by atoms with Crippen molar-refractivity contribution in [2.45, 2.75) is 51.4 Å². The first-order chi connectivity index (χ1) is 10.3. The zero-order valence-electron chi connectivity index (χ0n) is 13.3. The number of aliphatic hydroxyl groups is 1. The van der Waals surface area contributed by atoms with Crippen LogP contribution in [0.15, 0.2) is 18.6 Å². The first-order valence-corrected chi connectivity index (χ1v) is 7.55. The molecule has 1 unspecified atom stereocenters. The van der Waals surface area contributed by atoms with Crippen molar-refractivity contribution in [3.63, 3.8) is 0 Å². The zero-order chi connectivity index (χ0) is 15.8. The minimum absolute atomic E-state index is 0.0654. The van der Waals surface area contributed by atoms with Crippen molar-refractivity contribution in [2.24, 2.45) is 0 Å². The molecule has 0 aromatic carbocycles. The fraction of sp³-hybridized carbons (Fsp3) is 0.714. The predicted molar refractivity (Wildman–Crippen MR) is 79.9 cm³/mol. The first-order valence-electron chi connectivity index (χ1n) is 7.55. The Balaban J connectivity index is 1.60. The van der Waals surface area contributed by atoms with Gasteiger partial charge in [0.2, 0.25) is 0 Å². The lowest BCUT2D eigenvalue weighted by molar-refractivity contribution is 0.0273. The van der Waals surface area contributed by atoms with Crippen LogP contribution < -0.4 is 0 Å². The fourth-order valence-corrected chi connectivity index (χ4v) is 2.75. The van der Waals surface area contributed by atoms with Gasteiger partial charge in [-0.3, -0.25) is 4.90 Å². The van der Waals surface area contributed by atoms with Gasteiger partial charge in [0.15, 0.2) is 0 Å². The van der Waals surface area contributed by atoms with Gasteiger partial charge in [0.05, 0.1) is 35.8 Å². The third-order valence-corrected chi connectivity index (χ3v) is 3.95. The number of likely N-dealkylation sites (tertiary alicyclic amines) is 1. The van der Waals surface area contributed by atoms with E-state index >= 15 is 0 Å². The third-order valence-electron chi connectivity index (χ3n) is 3.95. The number of hydrogen-bond donors (Lipinski definition) is 1. The van der Waals surface area contributed by atoms with Gasteiger partial charge < -0.3 is 5.11 Å². The highest BCUT2D eigenvalue weighted by atomic mass is 16.3. The van der Waals surface area contributed by atoms with Crippen LogP contribution in [0.4, 0.5) is 0 Å². The van der Waals surface area contributed by atoms with Crippen LogP contribution in [0.25, 0.3) is 0 Å². The van der Waals surface area contributed by atoms with Crippen LogP contribution in [-0.2, 0) is 18.6 Å². The van der Waals surface area contributed by atoms with E-state index < -0.39 is 5.60 Å². The topological polar surface area (TPSA) is 84.9 Å². The fourth-order valence-electron chi connectivity index (χ4n) is 2.75. The lowest BCUT2D eigenvalue weighted by Crippen LogP contribution is -2.37. The number of nitrogens with zero attached hydrogens (tertiary/aromatic N) is 7. The van der Waals surface area contributed by atoms with E-state index in [-0.39, 0.29) is 5.54 Å². The normalized spacial score (nSPS) is 23.3. The van der Waals surface area contributed by atoms with Gasteiger partial charge >= 0.3 is 0 Å². The minimum atomic E-state index is -0.756. The van der Waals surface area contributed by atoms with E-state index in [2.05, 4.69) is 46.3 Å². The summed E-state index contributed by atoms with van der Waals surface area (Å²) in [5.74, 6) is 0. The molecule has 2 aromatic heterocycles. The molecule has 22 heavy (non-hydrogen) atoms. The maximum Gasteiger partial charge on any atom is 0.0981 e. The van der Waals surface area contributed by atoms with Gasteiger partial charge in [-0.25, -0.2) is 9.36 Å². The second-order valence-corrected chi connectivity index (χ2v) is 7.11. The molecule has 1 aliphatic heterocycles. The molecule has 0 amide bonds. The lowest BCUT2D eigenvalue weighted by atomic mass is 10.0. The molecular weight excluding hydrogens is 282 g/mol. The molecule has 0 bridgehead atoms. The second-order valence-electron chi connectivity index (χ2n) is 7.11. The maximum absolute atomic E-state index is 10.7. The number of aromatic nitrogens is 6. The highest BCUT2D eigenvalue weighted by Crippen LogP contribution is 2.24. The van der Waals surface area contributed by atoms with E-state index in [1.54, 1.807) is 17.1 Å². The Labute approximate surface area is 129 Å². The molecule has 0 radical (unpaired) electrons. The van der Waals surface area contributed by atoms with E-state index in [9.17, 15) is 5.11 Å². The smallest absolute Gasteiger partial charge is 0.0981 e. The summed E-state index contributed by atoms with van der Waals surface area (Å²) in [7, 11) is 0. The van der Waals surface area contributed by atoms with E-state index in [1.807, 2.05) is 10.9 Å². The average Bonchev–Trinajstić information content (AvgIpc) is 3.11. The van der Waals surface area contributed by atoms with Gasteiger partial charge in [0.1, 0.15) is 0 Å². The number of β-amino-alcohol motifs (C(OH)–C–C–N with tert-alkyl or cyclic N) is 1. The Kier molecular flexibility index (Phi) is 3.73. The molecule has 0 spiro atoms. The molecule has 8 heteroatoms. The van der Waals surface area contributed by atoms with Gasteiger partial charge in [0, 0.05) is 25.8 Å². The van der Waals surface area contributed by atoms with Crippen LogP contribution in [0.1, 0.15) is 32.9 Å². The van der Waals surface area contributed by atoms with Crippen molar-refractivity contribution in [3.8, 4) is 0 Å². The first kappa shape index (κ1) is 15.1. The summed E-state index contributed by atoms with van der Waals surface area (Å²) in [4.78, 5) is 2.20. The summed E-state index contributed by atoms with van der Waals surface area (Å²) >= 11 is 0. The van der Waals surface area contributed by atoms with Crippen molar-refractivity contribution in [2.75, 3.05) is 13.1 Å². The van der Waals surface area contributed by atoms with Gasteiger partial charge in [-0.1, -0.05) is 10.4 Å². The van der Waals surface area contributed by atoms with Crippen molar-refractivity contribution in [3.05, 3.63) is 24.3 Å². The summed E-state index contributed by atoms with van der Waals surface area (Å²) in [6.07, 6.45) is 6.10. The molecule has 1 fully saturated rings. The molecule has 0 aliphatic carbocycles. The largest absolute Gasteiger partial charge is 0.387 e. The van der Waals surface area contributed by atoms with E-state index in [0.717, 1.165) is 18.7 Å². The standard InChI is InChI=1S/C14H23N7O/c1-13(2,3)21-9-12(16-18-21)8-19-6-4-14(22,10-19)11-20-7-5-15-17-20/h5,7,9,22H,4,6,8,10-11H2,1-3H3. The SMILES string of the molecule is CC(C)(C)n1cc(CN2CCC(O)(Cn3ccnn3)C2)nn1. The van der Waals surface area contributed by atoms with Gasteiger partial charge in [-0.05, 0) is 27.2 Å². The van der Waals surface area contributed by atoms with Crippen LogP contribution in [-0.4, -0.2) is 58.7 Å². The van der Waals surface area contributed by atoms with Crippen LogP contribution in [0, 0.1) is 0 Å². The van der Waals surface area contributed by atoms with Crippen LogP contribution >= 0.6 is 0 Å². The summed E-state index contributed by atoms with van der Waals surface area (Å²) < 4.78 is 3.55. The van der Waals surface area contributed by atoms with Gasteiger partial charge in [0.25, 0.3) is 0 Å². The molecule has 120 valence electrons. The Morgan fingerprint density at radius 3 is 2.77 bits per heavy atom. The van der Waals surface area contributed by atoms with Crippen molar-refractivity contribution in [1.82, 2.24) is 34.9 Å². The van der Waals surface area contributed by atoms with Crippen LogP contribution in [0.5, 0.6) is 0 Å². The van der Waals surface area contributed by atoms with E-state index in [1.165, 1.54) is 0 Å². The molecule has 3 rings (SSSR count). The second kappa shape index (κ2) is 5.44. The Morgan fingerprint density at radius 2 is 2.14 bits per heavy atom. The Hall–Kier alpha value is -1.80. The average molecular weight is 305 g/mol. The Morgan fingerprint density at radius 1 is 1.32 bits per heavy atom. The van der Waals surface area contributed by atoms with E-state index in [4.69, 9.17) is 0 Å².